The Morgan fingerprint density at radius 3 is 1.87 bits per heavy atom. The van der Waals surface area contributed by atoms with Crippen molar-refractivity contribution in [3.05, 3.63) is 29.8 Å². The Bertz CT molecular complexity index is 501. The van der Waals surface area contributed by atoms with E-state index >= 15 is 0 Å². The Morgan fingerprint density at radius 2 is 1.48 bits per heavy atom. The number of nitrogens with one attached hydrogen (secondary N) is 2. The molecule has 0 fully saturated rings. The lowest BCUT2D eigenvalue weighted by Gasteiger charge is -2.21. The fourth-order valence-corrected chi connectivity index (χ4v) is 1.84. The van der Waals surface area contributed by atoms with Crippen molar-refractivity contribution in [2.75, 3.05) is 6.61 Å². The Balaban J connectivity index is 2.89. The van der Waals surface area contributed by atoms with Gasteiger partial charge in [-0.1, -0.05) is 65.5 Å². The van der Waals surface area contributed by atoms with Gasteiger partial charge in [0, 0.05) is 0 Å². The molecule has 0 aliphatic carbocycles. The second-order valence-electron chi connectivity index (χ2n) is 4.47. The number of carbonyl (C=O) groups is 2. The summed E-state index contributed by atoms with van der Waals surface area (Å²) in [6, 6.07) is 6.80. The van der Waals surface area contributed by atoms with Crippen molar-refractivity contribution < 1.29 is 14.3 Å². The van der Waals surface area contributed by atoms with Crippen LogP contribution < -0.4 is 15.4 Å². The number of carbonyl (C=O) groups excluding carboxylic acids is 2. The van der Waals surface area contributed by atoms with Crippen LogP contribution in [0.3, 0.4) is 0 Å². The van der Waals surface area contributed by atoms with Crippen molar-refractivity contribution >= 4 is 58.2 Å². The first-order valence-corrected chi connectivity index (χ1v) is 8.49. The quantitative estimate of drug-likeness (QED) is 0.518. The molecule has 5 nitrogen and oxygen atoms in total. The molecule has 0 unspecified atom stereocenters. The van der Waals surface area contributed by atoms with Crippen LogP contribution in [0.25, 0.3) is 0 Å². The van der Waals surface area contributed by atoms with Gasteiger partial charge in [-0.15, -0.1) is 0 Å². The lowest BCUT2D eigenvalue weighted by molar-refractivity contribution is -0.122. The number of ether oxygens (including phenoxy) is 1. The van der Waals surface area contributed by atoms with Gasteiger partial charge < -0.3 is 15.4 Å². The third kappa shape index (κ3) is 7.04. The first-order valence-electron chi connectivity index (χ1n) is 6.75. The van der Waals surface area contributed by atoms with Crippen molar-refractivity contribution in [1.29, 1.82) is 0 Å². The summed E-state index contributed by atoms with van der Waals surface area (Å²) in [7, 11) is 0. The average molecular weight is 402 g/mol. The molecule has 0 aromatic heterocycles. The van der Waals surface area contributed by atoms with Crippen molar-refractivity contribution in [3.63, 3.8) is 0 Å². The molecule has 1 aromatic rings. The molecule has 0 aliphatic heterocycles. The number of benzene rings is 1. The van der Waals surface area contributed by atoms with Crippen LogP contribution >= 0.6 is 46.4 Å². The first-order chi connectivity index (χ1) is 10.8. The van der Waals surface area contributed by atoms with Crippen LogP contribution in [0.15, 0.2) is 24.3 Å². The van der Waals surface area contributed by atoms with Gasteiger partial charge in [0.1, 0.15) is 11.9 Å². The van der Waals surface area contributed by atoms with Gasteiger partial charge in [-0.05, 0) is 24.1 Å². The summed E-state index contributed by atoms with van der Waals surface area (Å²) in [4.78, 5) is 20.8. The highest BCUT2D eigenvalue weighted by Gasteiger charge is 2.22. The van der Waals surface area contributed by atoms with Crippen molar-refractivity contribution in [2.24, 2.45) is 0 Å². The van der Waals surface area contributed by atoms with Crippen LogP contribution in [0.4, 0.5) is 0 Å². The molecule has 128 valence electrons. The van der Waals surface area contributed by atoms with Crippen molar-refractivity contribution in [2.45, 2.75) is 29.2 Å². The average Bonchev–Trinajstić information content (AvgIpc) is 2.52. The van der Waals surface area contributed by atoms with Gasteiger partial charge in [-0.3, -0.25) is 9.59 Å². The van der Waals surface area contributed by atoms with Crippen LogP contribution in [0.5, 0.6) is 5.75 Å². The molecule has 9 heteroatoms. The minimum absolute atomic E-state index is 0.582. The maximum absolute atomic E-state index is 11.7. The van der Waals surface area contributed by atoms with Crippen LogP contribution in [-0.2, 0) is 9.59 Å². The number of halogens is 4. The standard InChI is InChI=1S/C14H16Cl4N2O3/c1-2-7-23-9-5-3-8(4-6-9)12(19-13(21)10(15)16)20-14(22)11(17)18/h3-6,10-12H,2,7H2,1H3,(H,19,21)(H,20,22). The predicted molar refractivity (Wildman–Crippen MR) is 92.2 cm³/mol. The fourth-order valence-electron chi connectivity index (χ4n) is 1.59. The number of amides is 2. The van der Waals surface area contributed by atoms with Gasteiger partial charge in [0.2, 0.25) is 0 Å². The van der Waals surface area contributed by atoms with Crippen LogP contribution in [0.1, 0.15) is 25.1 Å². The van der Waals surface area contributed by atoms with Crippen molar-refractivity contribution in [3.8, 4) is 5.75 Å². The summed E-state index contributed by atoms with van der Waals surface area (Å²) in [5.74, 6) is -0.650. The van der Waals surface area contributed by atoms with Crippen molar-refractivity contribution in [1.82, 2.24) is 10.6 Å². The highest BCUT2D eigenvalue weighted by atomic mass is 35.5. The molecule has 2 amide bonds. The fraction of sp³-hybridized carbons (Fsp3) is 0.429. The van der Waals surface area contributed by atoms with Gasteiger partial charge in [-0.25, -0.2) is 0 Å². The van der Waals surface area contributed by atoms with E-state index in [1.54, 1.807) is 24.3 Å². The Hall–Kier alpha value is -0.880. The topological polar surface area (TPSA) is 67.4 Å². The maximum atomic E-state index is 11.7. The summed E-state index contributed by atoms with van der Waals surface area (Å²) in [5, 5.41) is 4.98. The zero-order chi connectivity index (χ0) is 17.4. The van der Waals surface area contributed by atoms with E-state index in [1.807, 2.05) is 6.92 Å². The molecule has 0 saturated heterocycles. The number of hydrogen-bond donors (Lipinski definition) is 2. The van der Waals surface area contributed by atoms with Crippen LogP contribution in [0.2, 0.25) is 0 Å². The van der Waals surface area contributed by atoms with E-state index in [4.69, 9.17) is 51.1 Å². The van der Waals surface area contributed by atoms with Crippen LogP contribution in [-0.4, -0.2) is 28.1 Å². The zero-order valence-electron chi connectivity index (χ0n) is 12.2. The molecule has 1 rings (SSSR count). The van der Waals surface area contributed by atoms with Gasteiger partial charge in [0.05, 0.1) is 6.61 Å². The van der Waals surface area contributed by atoms with Gasteiger partial charge >= 0.3 is 0 Å². The minimum Gasteiger partial charge on any atom is -0.494 e. The monoisotopic (exact) mass is 400 g/mol. The van der Waals surface area contributed by atoms with Gasteiger partial charge in [0.15, 0.2) is 9.67 Å². The summed E-state index contributed by atoms with van der Waals surface area (Å²) < 4.78 is 5.47. The molecule has 0 atom stereocenters. The number of hydrogen-bond acceptors (Lipinski definition) is 3. The molecule has 0 spiro atoms. The highest BCUT2D eigenvalue weighted by Crippen LogP contribution is 2.18. The summed E-state index contributed by atoms with van der Waals surface area (Å²) in [6.45, 7) is 2.59. The molecular formula is C14H16Cl4N2O3. The smallest absolute Gasteiger partial charge is 0.255 e. The number of alkyl halides is 4. The zero-order valence-corrected chi connectivity index (χ0v) is 15.2. The summed E-state index contributed by atoms with van der Waals surface area (Å²) in [6.07, 6.45) is 0.00566. The van der Waals surface area contributed by atoms with E-state index in [-0.39, 0.29) is 0 Å². The molecule has 2 N–H and O–H groups in total. The predicted octanol–water partition coefficient (Wildman–Crippen LogP) is 3.31. The molecule has 0 bridgehead atoms. The first kappa shape index (κ1) is 20.2. The molecule has 0 aliphatic rings. The van der Waals surface area contributed by atoms with Gasteiger partial charge in [0.25, 0.3) is 11.8 Å². The molecule has 0 heterocycles. The third-order valence-electron chi connectivity index (χ3n) is 2.66. The lowest BCUT2D eigenvalue weighted by atomic mass is 10.1. The highest BCUT2D eigenvalue weighted by molar-refractivity contribution is 6.54. The second-order valence-corrected chi connectivity index (χ2v) is 6.66. The van der Waals surface area contributed by atoms with E-state index in [9.17, 15) is 9.59 Å². The second kappa shape index (κ2) is 10.1. The molecule has 23 heavy (non-hydrogen) atoms. The Morgan fingerprint density at radius 1 is 1.00 bits per heavy atom. The normalized spacial score (nSPS) is 11.0. The van der Waals surface area contributed by atoms with E-state index < -0.39 is 27.7 Å². The maximum Gasteiger partial charge on any atom is 0.255 e. The lowest BCUT2D eigenvalue weighted by Crippen LogP contribution is -2.44. The largest absolute Gasteiger partial charge is 0.494 e. The third-order valence-corrected chi connectivity index (χ3v) is 3.45. The Kier molecular flexibility index (Phi) is 8.84. The number of rotatable bonds is 8. The molecule has 0 radical (unpaired) electrons. The Labute approximate surface area is 154 Å². The van der Waals surface area contributed by atoms with E-state index in [2.05, 4.69) is 10.6 Å². The minimum atomic E-state index is -1.27. The van der Waals surface area contributed by atoms with E-state index in [1.165, 1.54) is 0 Å². The molecular weight excluding hydrogens is 386 g/mol. The summed E-state index contributed by atoms with van der Waals surface area (Å²) in [5.41, 5.74) is 0.582. The molecule has 0 saturated carbocycles. The SMILES string of the molecule is CCCOc1ccc(C(NC(=O)C(Cl)Cl)NC(=O)C(Cl)Cl)cc1. The van der Waals surface area contributed by atoms with Gasteiger partial charge in [-0.2, -0.15) is 0 Å². The van der Waals surface area contributed by atoms with E-state index in [0.29, 0.717) is 17.9 Å². The van der Waals surface area contributed by atoms with E-state index in [0.717, 1.165) is 6.42 Å². The summed E-state index contributed by atoms with van der Waals surface area (Å²) >= 11 is 22.0. The molecule has 1 aromatic carbocycles. The van der Waals surface area contributed by atoms with Crippen LogP contribution in [0, 0.1) is 0 Å².